The summed E-state index contributed by atoms with van der Waals surface area (Å²) in [5.41, 5.74) is 2.63. The van der Waals surface area contributed by atoms with Crippen molar-refractivity contribution in [1.82, 2.24) is 14.6 Å². The molecular weight excluding hydrogens is 266 g/mol. The fourth-order valence-electron chi connectivity index (χ4n) is 2.23. The van der Waals surface area contributed by atoms with E-state index in [0.29, 0.717) is 6.54 Å². The molecule has 2 rings (SSSR count). The molecule has 1 aliphatic heterocycles. The highest BCUT2D eigenvalue weighted by molar-refractivity contribution is 7.89. The van der Waals surface area contributed by atoms with Gasteiger partial charge < -0.3 is 10.3 Å². The Balaban J connectivity index is 2.09. The Hall–Kier alpha value is -1.22. The number of sulfonamides is 1. The molecule has 1 aromatic heterocycles. The van der Waals surface area contributed by atoms with E-state index in [2.05, 4.69) is 20.0 Å². The van der Waals surface area contributed by atoms with Gasteiger partial charge in [0.25, 0.3) is 10.0 Å². The maximum absolute atomic E-state index is 12.2. The summed E-state index contributed by atoms with van der Waals surface area (Å²) >= 11 is 0. The molecule has 0 amide bonds. The molecule has 1 aromatic rings. The van der Waals surface area contributed by atoms with Crippen molar-refractivity contribution < 1.29 is 8.42 Å². The monoisotopic (exact) mass is 285 g/mol. The van der Waals surface area contributed by atoms with E-state index in [1.807, 2.05) is 7.05 Å². The zero-order chi connectivity index (χ0) is 13.9. The number of anilines is 1. The number of aromatic nitrogens is 1. The number of hydrogen-bond donors (Lipinski definition) is 3. The summed E-state index contributed by atoms with van der Waals surface area (Å²) < 4.78 is 27.0. The van der Waals surface area contributed by atoms with Crippen molar-refractivity contribution in [1.29, 1.82) is 0 Å². The molecule has 19 heavy (non-hydrogen) atoms. The lowest BCUT2D eigenvalue weighted by atomic mass is 10.2. The molecule has 1 saturated heterocycles. The highest BCUT2D eigenvalue weighted by Crippen LogP contribution is 2.18. The van der Waals surface area contributed by atoms with Crippen LogP contribution in [0, 0.1) is 0 Å². The smallest absolute Gasteiger partial charge is 0.260 e. The third kappa shape index (κ3) is 3.21. The van der Waals surface area contributed by atoms with Gasteiger partial charge in [-0.05, 0) is 38.6 Å². The largest absolute Gasteiger partial charge is 0.321 e. The van der Waals surface area contributed by atoms with E-state index in [-0.39, 0.29) is 16.8 Å². The maximum atomic E-state index is 12.2. The quantitative estimate of drug-likeness (QED) is 0.509. The summed E-state index contributed by atoms with van der Waals surface area (Å²) in [6.45, 7) is 1.39. The van der Waals surface area contributed by atoms with Crippen molar-refractivity contribution in [2.24, 2.45) is 5.84 Å². The molecule has 1 fully saturated rings. The lowest BCUT2D eigenvalue weighted by Crippen LogP contribution is -2.38. The van der Waals surface area contributed by atoms with Crippen LogP contribution in [0.2, 0.25) is 0 Å². The molecule has 1 aliphatic rings. The van der Waals surface area contributed by atoms with Gasteiger partial charge in [0.2, 0.25) is 0 Å². The number of nitrogens with zero attached hydrogens (tertiary/aromatic N) is 2. The Kier molecular flexibility index (Phi) is 4.35. The normalized spacial score (nSPS) is 20.6. The van der Waals surface area contributed by atoms with E-state index in [9.17, 15) is 8.42 Å². The third-order valence-electron chi connectivity index (χ3n) is 3.36. The van der Waals surface area contributed by atoms with E-state index in [1.165, 1.54) is 6.20 Å². The third-order valence-corrected chi connectivity index (χ3v) is 4.74. The minimum atomic E-state index is -3.64. The van der Waals surface area contributed by atoms with Crippen molar-refractivity contribution in [2.75, 3.05) is 25.6 Å². The highest BCUT2D eigenvalue weighted by Gasteiger charge is 2.25. The van der Waals surface area contributed by atoms with Gasteiger partial charge in [0.05, 0.1) is 5.69 Å². The number of likely N-dealkylation sites (tertiary alicyclic amines) is 1. The van der Waals surface area contributed by atoms with Gasteiger partial charge in [-0.3, -0.25) is 5.84 Å². The molecular formula is C11H19N5O2S. The Morgan fingerprint density at radius 1 is 1.58 bits per heavy atom. The summed E-state index contributed by atoms with van der Waals surface area (Å²) in [5.74, 6) is 5.30. The molecule has 7 nitrogen and oxygen atoms in total. The highest BCUT2D eigenvalue weighted by atomic mass is 32.2. The Morgan fingerprint density at radius 2 is 2.37 bits per heavy atom. The van der Waals surface area contributed by atoms with Gasteiger partial charge in [0, 0.05) is 18.8 Å². The molecule has 0 aromatic carbocycles. The fourth-order valence-corrected chi connectivity index (χ4v) is 3.39. The molecule has 106 valence electrons. The first-order valence-corrected chi connectivity index (χ1v) is 7.64. The van der Waals surface area contributed by atoms with E-state index >= 15 is 0 Å². The molecule has 0 spiro atoms. The van der Waals surface area contributed by atoms with Gasteiger partial charge in [-0.2, -0.15) is 0 Å². The van der Waals surface area contributed by atoms with E-state index in [0.717, 1.165) is 19.4 Å². The average Bonchev–Trinajstić information content (AvgIpc) is 2.82. The number of nitrogens with two attached hydrogens (primary N) is 1. The summed E-state index contributed by atoms with van der Waals surface area (Å²) in [7, 11) is -1.64. The Labute approximate surface area is 113 Å². The molecule has 0 aliphatic carbocycles. The second kappa shape index (κ2) is 5.83. The van der Waals surface area contributed by atoms with Crippen LogP contribution in [0.4, 0.5) is 5.69 Å². The molecule has 8 heteroatoms. The van der Waals surface area contributed by atoms with Crippen LogP contribution in [0.3, 0.4) is 0 Å². The van der Waals surface area contributed by atoms with Crippen LogP contribution in [0.15, 0.2) is 23.4 Å². The number of hydrogen-bond acceptors (Lipinski definition) is 6. The van der Waals surface area contributed by atoms with Crippen molar-refractivity contribution in [3.63, 3.8) is 0 Å². The Bertz CT molecular complexity index is 534. The first-order valence-electron chi connectivity index (χ1n) is 6.16. The van der Waals surface area contributed by atoms with Gasteiger partial charge in [-0.15, -0.1) is 0 Å². The average molecular weight is 285 g/mol. The minimum Gasteiger partial charge on any atom is -0.321 e. The summed E-state index contributed by atoms with van der Waals surface area (Å²) in [4.78, 5) is 6.03. The maximum Gasteiger partial charge on any atom is 0.260 e. The number of hydrazine groups is 1. The zero-order valence-electron chi connectivity index (χ0n) is 10.8. The van der Waals surface area contributed by atoms with Crippen LogP contribution in [0.1, 0.15) is 12.8 Å². The molecule has 0 bridgehead atoms. The topological polar surface area (TPSA) is 100 Å². The molecule has 4 N–H and O–H groups in total. The van der Waals surface area contributed by atoms with Crippen molar-refractivity contribution in [2.45, 2.75) is 23.9 Å². The van der Waals surface area contributed by atoms with Crippen LogP contribution < -0.4 is 16.0 Å². The number of pyridine rings is 1. The molecule has 0 radical (unpaired) electrons. The van der Waals surface area contributed by atoms with Crippen LogP contribution >= 0.6 is 0 Å². The number of rotatable bonds is 5. The summed E-state index contributed by atoms with van der Waals surface area (Å²) in [5, 5.41) is -0.0712. The summed E-state index contributed by atoms with van der Waals surface area (Å²) in [6, 6.07) is 3.44. The van der Waals surface area contributed by atoms with Crippen LogP contribution in [-0.2, 0) is 10.0 Å². The van der Waals surface area contributed by atoms with Gasteiger partial charge in [0.15, 0.2) is 5.03 Å². The zero-order valence-corrected chi connectivity index (χ0v) is 11.7. The number of likely N-dealkylation sites (N-methyl/N-ethyl adjacent to an activating group) is 1. The van der Waals surface area contributed by atoms with E-state index < -0.39 is 10.0 Å². The van der Waals surface area contributed by atoms with Crippen molar-refractivity contribution >= 4 is 15.7 Å². The van der Waals surface area contributed by atoms with Crippen LogP contribution in [0.5, 0.6) is 0 Å². The molecule has 1 atom stereocenters. The van der Waals surface area contributed by atoms with Gasteiger partial charge in [-0.25, -0.2) is 18.1 Å². The fraction of sp³-hybridized carbons (Fsp3) is 0.545. The standard InChI is InChI=1S/C11H19N5O2S/c1-16-7-3-4-9(16)8-14-19(17,18)11-10(15-12)5-2-6-13-11/h2,5-6,9,14-15H,3-4,7-8,12H2,1H3. The van der Waals surface area contributed by atoms with E-state index in [4.69, 9.17) is 5.84 Å². The first kappa shape index (κ1) is 14.2. The summed E-state index contributed by atoms with van der Waals surface area (Å²) in [6.07, 6.45) is 3.53. The number of nitrogens with one attached hydrogen (secondary N) is 2. The SMILES string of the molecule is CN1CCCC1CNS(=O)(=O)c1ncccc1NN. The van der Waals surface area contributed by atoms with Crippen molar-refractivity contribution in [3.05, 3.63) is 18.3 Å². The molecule has 2 heterocycles. The second-order valence-electron chi connectivity index (χ2n) is 4.63. The van der Waals surface area contributed by atoms with Gasteiger partial charge in [0.1, 0.15) is 0 Å². The predicted octanol–water partition coefficient (Wildman–Crippen LogP) is -0.260. The lowest BCUT2D eigenvalue weighted by Gasteiger charge is -2.19. The minimum absolute atomic E-state index is 0.0712. The second-order valence-corrected chi connectivity index (χ2v) is 6.31. The first-order chi connectivity index (χ1) is 9.04. The van der Waals surface area contributed by atoms with Crippen LogP contribution in [0.25, 0.3) is 0 Å². The van der Waals surface area contributed by atoms with E-state index in [1.54, 1.807) is 12.1 Å². The van der Waals surface area contributed by atoms with Gasteiger partial charge in [-0.1, -0.05) is 0 Å². The lowest BCUT2D eigenvalue weighted by molar-refractivity contribution is 0.310. The predicted molar refractivity (Wildman–Crippen MR) is 72.9 cm³/mol. The molecule has 0 saturated carbocycles. The van der Waals surface area contributed by atoms with Crippen LogP contribution in [-0.4, -0.2) is 44.5 Å². The van der Waals surface area contributed by atoms with Crippen molar-refractivity contribution in [3.8, 4) is 0 Å². The molecule has 1 unspecified atom stereocenters. The number of nitrogen functional groups attached to an aromatic ring is 1. The van der Waals surface area contributed by atoms with Gasteiger partial charge >= 0.3 is 0 Å². The Morgan fingerprint density at radius 3 is 3.00 bits per heavy atom.